The van der Waals surface area contributed by atoms with Crippen molar-refractivity contribution in [1.29, 1.82) is 0 Å². The van der Waals surface area contributed by atoms with E-state index in [9.17, 15) is 5.11 Å². The lowest BCUT2D eigenvalue weighted by atomic mass is 9.43. The smallest absolute Gasteiger partial charge is 0.0594 e. The van der Waals surface area contributed by atoms with Crippen LogP contribution in [0, 0.1) is 45.3 Å². The van der Waals surface area contributed by atoms with Gasteiger partial charge in [0.25, 0.3) is 0 Å². The minimum Gasteiger partial charge on any atom is -0.393 e. The Kier molecular flexibility index (Phi) is 6.07. The van der Waals surface area contributed by atoms with Gasteiger partial charge in [-0.15, -0.1) is 0 Å². The van der Waals surface area contributed by atoms with Crippen LogP contribution in [0.2, 0.25) is 0 Å². The molecule has 2 fully saturated rings. The van der Waals surface area contributed by atoms with E-state index >= 15 is 0 Å². The van der Waals surface area contributed by atoms with Gasteiger partial charge >= 0.3 is 0 Å². The Bertz CT molecular complexity index is 716. The fourth-order valence-corrected chi connectivity index (χ4v) is 9.68. The van der Waals surface area contributed by atoms with Gasteiger partial charge in [-0.05, 0) is 96.7 Å². The molecule has 1 nitrogen and oxygen atoms in total. The number of rotatable bonds is 5. The predicted octanol–water partition coefficient (Wildman–Crippen LogP) is 8.56. The van der Waals surface area contributed by atoms with E-state index in [1.807, 2.05) is 11.1 Å². The van der Waals surface area contributed by atoms with Crippen molar-refractivity contribution in [2.75, 3.05) is 0 Å². The summed E-state index contributed by atoms with van der Waals surface area (Å²) >= 11 is 0. The van der Waals surface area contributed by atoms with Gasteiger partial charge in [0.1, 0.15) is 0 Å². The van der Waals surface area contributed by atoms with Crippen LogP contribution in [0.5, 0.6) is 0 Å². The van der Waals surface area contributed by atoms with Crippen molar-refractivity contribution in [2.45, 2.75) is 132 Å². The third-order valence-electron chi connectivity index (χ3n) is 11.9. The zero-order valence-electron chi connectivity index (χ0n) is 22.1. The minimum absolute atomic E-state index is 0.0519. The molecule has 0 aliphatic heterocycles. The summed E-state index contributed by atoms with van der Waals surface area (Å²) in [5.41, 5.74) is 5.01. The molecule has 31 heavy (non-hydrogen) atoms. The molecule has 0 bridgehead atoms. The fraction of sp³-hybridized carbons (Fsp3) is 0.933. The lowest BCUT2D eigenvalue weighted by Crippen LogP contribution is -2.55. The van der Waals surface area contributed by atoms with Gasteiger partial charge in [0, 0.05) is 0 Å². The average Bonchev–Trinajstić information content (AvgIpc) is 2.96. The van der Waals surface area contributed by atoms with Crippen molar-refractivity contribution in [3.8, 4) is 0 Å². The summed E-state index contributed by atoms with van der Waals surface area (Å²) < 4.78 is 0. The molecule has 7 atom stereocenters. The van der Waals surface area contributed by atoms with E-state index < -0.39 is 0 Å². The number of aliphatic hydroxyl groups excluding tert-OH is 1. The molecule has 4 aliphatic carbocycles. The third kappa shape index (κ3) is 3.41. The molecule has 0 radical (unpaired) electrons. The average molecular weight is 429 g/mol. The van der Waals surface area contributed by atoms with Crippen LogP contribution in [0.1, 0.15) is 126 Å². The molecule has 2 saturated carbocycles. The van der Waals surface area contributed by atoms with Crippen LogP contribution in [0.4, 0.5) is 0 Å². The van der Waals surface area contributed by atoms with Crippen LogP contribution >= 0.6 is 0 Å². The molecule has 0 saturated heterocycles. The molecule has 4 rings (SSSR count). The highest BCUT2D eigenvalue weighted by atomic mass is 16.3. The Morgan fingerprint density at radius 1 is 0.839 bits per heavy atom. The van der Waals surface area contributed by atoms with Gasteiger partial charge in [-0.2, -0.15) is 0 Å². The first kappa shape index (κ1) is 23.8. The van der Waals surface area contributed by atoms with Gasteiger partial charge in [-0.25, -0.2) is 0 Å². The highest BCUT2D eigenvalue weighted by Gasteiger charge is 2.63. The Hall–Kier alpha value is -0.300. The van der Waals surface area contributed by atoms with Crippen molar-refractivity contribution in [1.82, 2.24) is 0 Å². The number of hydrogen-bond acceptors (Lipinski definition) is 1. The first-order chi connectivity index (χ1) is 14.4. The number of allylic oxidation sites excluding steroid dienone is 2. The predicted molar refractivity (Wildman–Crippen MR) is 133 cm³/mol. The Morgan fingerprint density at radius 3 is 2.23 bits per heavy atom. The largest absolute Gasteiger partial charge is 0.393 e. The molecule has 4 aliphatic rings. The van der Waals surface area contributed by atoms with Crippen molar-refractivity contribution in [3.05, 3.63) is 11.1 Å². The van der Waals surface area contributed by atoms with E-state index in [1.54, 1.807) is 0 Å². The van der Waals surface area contributed by atoms with E-state index in [4.69, 9.17) is 0 Å². The third-order valence-corrected chi connectivity index (χ3v) is 11.9. The van der Waals surface area contributed by atoms with Crippen LogP contribution < -0.4 is 0 Å². The van der Waals surface area contributed by atoms with Crippen molar-refractivity contribution >= 4 is 0 Å². The number of fused-ring (bicyclic) bond motifs is 4. The molecule has 0 spiro atoms. The van der Waals surface area contributed by atoms with Crippen LogP contribution in [-0.4, -0.2) is 11.2 Å². The lowest BCUT2D eigenvalue weighted by Gasteiger charge is -2.62. The number of hydrogen-bond donors (Lipinski definition) is 1. The first-order valence-corrected chi connectivity index (χ1v) is 13.8. The summed E-state index contributed by atoms with van der Waals surface area (Å²) in [6, 6.07) is 0. The molecule has 0 aromatic carbocycles. The van der Waals surface area contributed by atoms with E-state index in [0.717, 1.165) is 24.2 Å². The zero-order chi connectivity index (χ0) is 22.8. The molecule has 178 valence electrons. The first-order valence-electron chi connectivity index (χ1n) is 13.8. The van der Waals surface area contributed by atoms with Gasteiger partial charge in [0.05, 0.1) is 6.10 Å². The molecule has 0 aromatic heterocycles. The summed E-state index contributed by atoms with van der Waals surface area (Å²) in [7, 11) is 0. The van der Waals surface area contributed by atoms with Crippen LogP contribution in [0.25, 0.3) is 0 Å². The monoisotopic (exact) mass is 428 g/mol. The second-order valence-corrected chi connectivity index (χ2v) is 14.0. The molecule has 0 amide bonds. The zero-order valence-corrected chi connectivity index (χ0v) is 22.1. The van der Waals surface area contributed by atoms with Gasteiger partial charge < -0.3 is 5.11 Å². The van der Waals surface area contributed by atoms with Gasteiger partial charge in [0.15, 0.2) is 0 Å². The highest BCUT2D eigenvalue weighted by molar-refractivity contribution is 5.38. The summed E-state index contributed by atoms with van der Waals surface area (Å²) in [5, 5.41) is 10.8. The molecule has 0 aromatic rings. The summed E-state index contributed by atoms with van der Waals surface area (Å²) in [4.78, 5) is 0. The SMILES string of the molecule is CC(C)CCCC(C)C1CC[C@@]2(C)C3=C(CCC12C)C1(C)CC[C@H](O)C(C)(C)[C@@H]1CC3. The second kappa shape index (κ2) is 7.89. The van der Waals surface area contributed by atoms with E-state index in [0.29, 0.717) is 22.2 Å². The summed E-state index contributed by atoms with van der Waals surface area (Å²) in [5.74, 6) is 3.24. The Morgan fingerprint density at radius 2 is 1.55 bits per heavy atom. The molecular formula is C30H52O. The van der Waals surface area contributed by atoms with Crippen LogP contribution in [-0.2, 0) is 0 Å². The van der Waals surface area contributed by atoms with E-state index in [-0.39, 0.29) is 11.5 Å². The van der Waals surface area contributed by atoms with Gasteiger partial charge in [-0.3, -0.25) is 0 Å². The maximum Gasteiger partial charge on any atom is 0.0594 e. The number of aliphatic hydroxyl groups is 1. The molecular weight excluding hydrogens is 376 g/mol. The van der Waals surface area contributed by atoms with E-state index in [1.165, 1.54) is 64.2 Å². The van der Waals surface area contributed by atoms with Crippen LogP contribution in [0.15, 0.2) is 11.1 Å². The van der Waals surface area contributed by atoms with Crippen molar-refractivity contribution in [3.63, 3.8) is 0 Å². The van der Waals surface area contributed by atoms with Crippen molar-refractivity contribution in [2.24, 2.45) is 45.3 Å². The minimum atomic E-state index is -0.125. The summed E-state index contributed by atoms with van der Waals surface area (Å²) in [6.07, 6.45) is 14.4. The molecule has 4 unspecified atom stereocenters. The molecule has 0 heterocycles. The summed E-state index contributed by atoms with van der Waals surface area (Å²) in [6.45, 7) is 20.0. The Balaban J connectivity index is 1.63. The second-order valence-electron chi connectivity index (χ2n) is 14.0. The standard InChI is InChI=1S/C30H52O/c1-20(2)10-9-11-21(3)22-14-18-30(8)24-12-13-25-27(4,5)26(31)16-17-28(25,6)23(24)15-19-29(22,30)7/h20-22,25-26,31H,9-19H2,1-8H3/t21?,22?,25-,26-,28?,29?,30-/m0/s1. The van der Waals surface area contributed by atoms with Crippen molar-refractivity contribution < 1.29 is 5.11 Å². The lowest BCUT2D eigenvalue weighted by molar-refractivity contribution is -0.0962. The molecule has 1 heteroatoms. The molecule has 1 N–H and O–H groups in total. The highest BCUT2D eigenvalue weighted by Crippen LogP contribution is 2.72. The normalized spacial score (nSPS) is 45.3. The Labute approximate surface area is 193 Å². The quantitative estimate of drug-likeness (QED) is 0.435. The fourth-order valence-electron chi connectivity index (χ4n) is 9.68. The van der Waals surface area contributed by atoms with E-state index in [2.05, 4.69) is 55.4 Å². The van der Waals surface area contributed by atoms with Gasteiger partial charge in [-0.1, -0.05) is 85.8 Å². The van der Waals surface area contributed by atoms with Crippen LogP contribution in [0.3, 0.4) is 0 Å². The maximum absolute atomic E-state index is 10.8. The van der Waals surface area contributed by atoms with Gasteiger partial charge in [0.2, 0.25) is 0 Å². The topological polar surface area (TPSA) is 20.2 Å². The maximum atomic E-state index is 10.8.